The summed E-state index contributed by atoms with van der Waals surface area (Å²) in [6.07, 6.45) is 6.32. The number of pyridine rings is 1. The molecule has 4 N–H and O–H groups in total. The lowest BCUT2D eigenvalue weighted by Gasteiger charge is -2.41. The maximum Gasteiger partial charge on any atom is 0.245 e. The maximum atomic E-state index is 6.65. The lowest BCUT2D eigenvalue weighted by molar-refractivity contribution is 0.187. The second kappa shape index (κ2) is 7.60. The van der Waals surface area contributed by atoms with E-state index in [4.69, 9.17) is 28.1 Å². The van der Waals surface area contributed by atoms with Crippen LogP contribution in [-0.4, -0.2) is 38.2 Å². The Morgan fingerprint density at radius 1 is 1.27 bits per heavy atom. The first-order valence-electron chi connectivity index (χ1n) is 9.69. The van der Waals surface area contributed by atoms with Crippen molar-refractivity contribution in [3.05, 3.63) is 39.1 Å². The van der Waals surface area contributed by atoms with Crippen LogP contribution in [0.2, 0.25) is 5.02 Å². The van der Waals surface area contributed by atoms with Crippen molar-refractivity contribution in [2.75, 3.05) is 23.7 Å². The second-order valence-electron chi connectivity index (χ2n) is 7.75. The molecule has 1 aliphatic heterocycles. The fourth-order valence-corrected chi connectivity index (χ4v) is 6.35. The fourth-order valence-electron chi connectivity index (χ4n) is 4.30. The monoisotopic (exact) mass is 460 g/mol. The average molecular weight is 461 g/mol. The average Bonchev–Trinajstić information content (AvgIpc) is 3.22. The molecule has 1 saturated heterocycles. The molecule has 0 saturated carbocycles. The van der Waals surface area contributed by atoms with Crippen LogP contribution >= 0.6 is 34.7 Å². The summed E-state index contributed by atoms with van der Waals surface area (Å²) in [5.41, 5.74) is 13.7. The molecule has 3 aromatic rings. The number of fused-ring (bicyclic) bond motifs is 1. The number of halogens is 1. The van der Waals surface area contributed by atoms with Gasteiger partial charge in [-0.15, -0.1) is 21.5 Å². The molecular formula is C19H21ClN8S2. The van der Waals surface area contributed by atoms with Gasteiger partial charge < -0.3 is 16.4 Å². The number of rotatable bonds is 3. The molecule has 0 bridgehead atoms. The van der Waals surface area contributed by atoms with Crippen LogP contribution in [0.4, 0.5) is 11.8 Å². The van der Waals surface area contributed by atoms with E-state index in [0.29, 0.717) is 21.8 Å². The molecule has 2 aliphatic rings. The third kappa shape index (κ3) is 3.41. The van der Waals surface area contributed by atoms with Crippen LogP contribution in [0.5, 0.6) is 0 Å². The van der Waals surface area contributed by atoms with Crippen molar-refractivity contribution in [3.8, 4) is 0 Å². The minimum Gasteiger partial charge on any atom is -0.382 e. The Morgan fingerprint density at radius 2 is 2.07 bits per heavy atom. The maximum absolute atomic E-state index is 6.65. The van der Waals surface area contributed by atoms with Crippen LogP contribution in [0.1, 0.15) is 34.5 Å². The molecule has 0 aromatic carbocycles. The van der Waals surface area contributed by atoms with Crippen molar-refractivity contribution in [3.63, 3.8) is 0 Å². The number of hydrogen-bond acceptors (Lipinski definition) is 10. The third-order valence-electron chi connectivity index (χ3n) is 5.96. The summed E-state index contributed by atoms with van der Waals surface area (Å²) in [6.45, 7) is 3.78. The largest absolute Gasteiger partial charge is 0.382 e. The highest BCUT2D eigenvalue weighted by Crippen LogP contribution is 2.52. The molecule has 1 fully saturated rings. The van der Waals surface area contributed by atoms with Gasteiger partial charge in [0, 0.05) is 35.1 Å². The van der Waals surface area contributed by atoms with Crippen LogP contribution < -0.4 is 16.4 Å². The van der Waals surface area contributed by atoms with E-state index < -0.39 is 0 Å². The number of aromatic nitrogens is 5. The predicted molar refractivity (Wildman–Crippen MR) is 119 cm³/mol. The van der Waals surface area contributed by atoms with Crippen molar-refractivity contribution in [1.82, 2.24) is 25.1 Å². The van der Waals surface area contributed by atoms with Crippen LogP contribution in [0.3, 0.4) is 0 Å². The Balaban J connectivity index is 1.25. The minimum atomic E-state index is 0.0798. The molecule has 1 atom stereocenters. The first-order valence-corrected chi connectivity index (χ1v) is 11.7. The summed E-state index contributed by atoms with van der Waals surface area (Å²) in [7, 11) is 0. The number of hydrogen-bond donors (Lipinski definition) is 2. The molecule has 4 heterocycles. The number of aryl methyl sites for hydroxylation is 1. The van der Waals surface area contributed by atoms with Gasteiger partial charge in [-0.3, -0.25) is 0 Å². The van der Waals surface area contributed by atoms with Gasteiger partial charge in [-0.25, -0.2) is 15.0 Å². The third-order valence-corrected chi connectivity index (χ3v) is 8.52. The highest BCUT2D eigenvalue weighted by Gasteiger charge is 2.48. The SMILES string of the molecule is Cc1nc2c(s1)[C@@H](N)C1(CCN(c3ncc(Sc4ccnc(N)c4Cl)nn3)CC1)C2. The smallest absolute Gasteiger partial charge is 0.245 e. The van der Waals surface area contributed by atoms with Crippen molar-refractivity contribution < 1.29 is 0 Å². The Kier molecular flexibility index (Phi) is 5.04. The first-order chi connectivity index (χ1) is 14.4. The van der Waals surface area contributed by atoms with E-state index in [1.54, 1.807) is 29.8 Å². The van der Waals surface area contributed by atoms with Gasteiger partial charge in [0.2, 0.25) is 5.95 Å². The lowest BCUT2D eigenvalue weighted by Crippen LogP contribution is -2.45. The van der Waals surface area contributed by atoms with E-state index in [-0.39, 0.29) is 11.5 Å². The van der Waals surface area contributed by atoms with E-state index in [9.17, 15) is 0 Å². The van der Waals surface area contributed by atoms with Crippen LogP contribution in [-0.2, 0) is 6.42 Å². The number of nitrogens with zero attached hydrogens (tertiary/aromatic N) is 6. The van der Waals surface area contributed by atoms with Gasteiger partial charge in [-0.1, -0.05) is 23.4 Å². The zero-order valence-electron chi connectivity index (χ0n) is 16.4. The minimum absolute atomic E-state index is 0.0798. The van der Waals surface area contributed by atoms with Gasteiger partial charge in [-0.2, -0.15) is 0 Å². The predicted octanol–water partition coefficient (Wildman–Crippen LogP) is 3.26. The molecule has 156 valence electrons. The Morgan fingerprint density at radius 3 is 2.77 bits per heavy atom. The van der Waals surface area contributed by atoms with E-state index in [0.717, 1.165) is 42.3 Å². The van der Waals surface area contributed by atoms with Crippen molar-refractivity contribution in [2.45, 2.75) is 42.1 Å². The summed E-state index contributed by atoms with van der Waals surface area (Å²) in [4.78, 5) is 17.4. The Hall–Kier alpha value is -2.01. The number of nitrogen functional groups attached to an aromatic ring is 1. The first kappa shape index (κ1) is 19.9. The zero-order valence-corrected chi connectivity index (χ0v) is 18.8. The van der Waals surface area contributed by atoms with Crippen LogP contribution in [0.15, 0.2) is 28.4 Å². The molecule has 5 rings (SSSR count). The summed E-state index contributed by atoms with van der Waals surface area (Å²) in [5.74, 6) is 0.941. The summed E-state index contributed by atoms with van der Waals surface area (Å²) >= 11 is 9.31. The lowest BCUT2D eigenvalue weighted by atomic mass is 9.74. The normalized spacial score (nSPS) is 20.0. The van der Waals surface area contributed by atoms with Crippen LogP contribution in [0.25, 0.3) is 0 Å². The van der Waals surface area contributed by atoms with E-state index >= 15 is 0 Å². The summed E-state index contributed by atoms with van der Waals surface area (Å²) in [5, 5.41) is 10.8. The van der Waals surface area contributed by atoms with Gasteiger partial charge in [0.15, 0.2) is 0 Å². The number of thiazole rings is 1. The highest BCUT2D eigenvalue weighted by atomic mass is 35.5. The van der Waals surface area contributed by atoms with E-state index in [2.05, 4.69) is 32.0 Å². The Bertz CT molecular complexity index is 1080. The number of anilines is 2. The highest BCUT2D eigenvalue weighted by molar-refractivity contribution is 7.99. The molecule has 30 heavy (non-hydrogen) atoms. The molecule has 0 radical (unpaired) electrons. The molecule has 11 heteroatoms. The quantitative estimate of drug-likeness (QED) is 0.606. The molecule has 1 spiro atoms. The topological polar surface area (TPSA) is 120 Å². The molecule has 1 aliphatic carbocycles. The molecule has 0 amide bonds. The van der Waals surface area contributed by atoms with E-state index in [1.807, 2.05) is 0 Å². The van der Waals surface area contributed by atoms with Crippen LogP contribution in [0, 0.1) is 12.3 Å². The Labute approximate surface area is 187 Å². The van der Waals surface area contributed by atoms with E-state index in [1.165, 1.54) is 22.3 Å². The van der Waals surface area contributed by atoms with Gasteiger partial charge in [-0.05, 0) is 37.7 Å². The van der Waals surface area contributed by atoms with Gasteiger partial charge in [0.25, 0.3) is 0 Å². The second-order valence-corrected chi connectivity index (χ2v) is 10.4. The number of nitrogens with two attached hydrogens (primary N) is 2. The molecular weight excluding hydrogens is 440 g/mol. The molecule has 0 unspecified atom stereocenters. The fraction of sp³-hybridized carbons (Fsp3) is 0.421. The van der Waals surface area contributed by atoms with Crippen molar-refractivity contribution in [2.24, 2.45) is 11.1 Å². The van der Waals surface area contributed by atoms with Gasteiger partial charge in [0.1, 0.15) is 10.8 Å². The number of piperidine rings is 1. The molecule has 8 nitrogen and oxygen atoms in total. The standard InChI is InChI=1S/C19H21ClN8S2/c1-10-25-11-8-19(16(21)15(11)29-10)3-6-28(7-4-19)18-24-9-13(26-27-18)30-12-2-5-23-17(22)14(12)20/h2,5,9,16H,3-4,6-8,21H2,1H3,(H2,22,23)/t16-/m1/s1. The molecule has 3 aromatic heterocycles. The van der Waals surface area contributed by atoms with Crippen molar-refractivity contribution in [1.29, 1.82) is 0 Å². The van der Waals surface area contributed by atoms with Gasteiger partial charge in [0.05, 0.1) is 21.9 Å². The van der Waals surface area contributed by atoms with Crippen molar-refractivity contribution >= 4 is 46.5 Å². The zero-order chi connectivity index (χ0) is 20.9. The summed E-state index contributed by atoms with van der Waals surface area (Å²) in [6, 6.07) is 1.87. The summed E-state index contributed by atoms with van der Waals surface area (Å²) < 4.78 is 0. The van der Waals surface area contributed by atoms with Gasteiger partial charge >= 0.3 is 0 Å².